The Balaban J connectivity index is 1.83. The van der Waals surface area contributed by atoms with Crippen LogP contribution in [-0.2, 0) is 18.3 Å². The van der Waals surface area contributed by atoms with Crippen molar-refractivity contribution in [2.45, 2.75) is 26.7 Å². The van der Waals surface area contributed by atoms with Gasteiger partial charge >= 0.3 is 0 Å². The van der Waals surface area contributed by atoms with Crippen molar-refractivity contribution in [2.75, 3.05) is 39.3 Å². The second kappa shape index (κ2) is 7.04. The summed E-state index contributed by atoms with van der Waals surface area (Å²) in [6.45, 7) is 8.19. The van der Waals surface area contributed by atoms with Crippen molar-refractivity contribution < 1.29 is 9.90 Å². The quantitative estimate of drug-likeness (QED) is 0.837. The highest BCUT2D eigenvalue weighted by atomic mass is 16.3. The molecule has 2 heterocycles. The summed E-state index contributed by atoms with van der Waals surface area (Å²) >= 11 is 0. The van der Waals surface area contributed by atoms with E-state index in [1.54, 1.807) is 0 Å². The van der Waals surface area contributed by atoms with Crippen molar-refractivity contribution in [1.29, 1.82) is 0 Å². The van der Waals surface area contributed by atoms with Crippen LogP contribution in [0.2, 0.25) is 0 Å². The minimum Gasteiger partial charge on any atom is -0.395 e. The standard InChI is InChI=1S/C15H26N4O2/c1-12-14(13(2)17(3)16-12)4-5-15(21)19-8-6-18(7-9-19)10-11-20/h20H,4-11H2,1-3H3. The largest absolute Gasteiger partial charge is 0.395 e. The molecule has 118 valence electrons. The molecule has 1 saturated heterocycles. The molecule has 0 aliphatic carbocycles. The number of hydrogen-bond acceptors (Lipinski definition) is 4. The zero-order chi connectivity index (χ0) is 15.4. The van der Waals surface area contributed by atoms with Crippen LogP contribution in [0.15, 0.2) is 0 Å². The van der Waals surface area contributed by atoms with E-state index in [2.05, 4.69) is 10.00 Å². The van der Waals surface area contributed by atoms with E-state index in [-0.39, 0.29) is 12.5 Å². The molecule has 1 fully saturated rings. The minimum absolute atomic E-state index is 0.188. The van der Waals surface area contributed by atoms with Gasteiger partial charge in [0, 0.05) is 51.9 Å². The maximum Gasteiger partial charge on any atom is 0.222 e. The lowest BCUT2D eigenvalue weighted by molar-refractivity contribution is -0.132. The zero-order valence-electron chi connectivity index (χ0n) is 13.3. The van der Waals surface area contributed by atoms with Crippen LogP contribution in [0.5, 0.6) is 0 Å². The van der Waals surface area contributed by atoms with E-state index < -0.39 is 0 Å². The number of aryl methyl sites for hydroxylation is 2. The molecule has 21 heavy (non-hydrogen) atoms. The van der Waals surface area contributed by atoms with E-state index in [0.717, 1.165) is 44.0 Å². The average Bonchev–Trinajstić information content (AvgIpc) is 2.71. The molecule has 0 bridgehead atoms. The van der Waals surface area contributed by atoms with Gasteiger partial charge in [0.2, 0.25) is 5.91 Å². The van der Waals surface area contributed by atoms with Crippen molar-refractivity contribution in [2.24, 2.45) is 7.05 Å². The fourth-order valence-electron chi connectivity index (χ4n) is 2.93. The topological polar surface area (TPSA) is 61.6 Å². The molecule has 1 aromatic rings. The van der Waals surface area contributed by atoms with Crippen LogP contribution in [0.3, 0.4) is 0 Å². The number of carbonyl (C=O) groups is 1. The van der Waals surface area contributed by atoms with E-state index in [4.69, 9.17) is 5.11 Å². The molecule has 0 unspecified atom stereocenters. The summed E-state index contributed by atoms with van der Waals surface area (Å²) in [6, 6.07) is 0. The van der Waals surface area contributed by atoms with Crippen LogP contribution in [-0.4, -0.2) is 69.9 Å². The number of aliphatic hydroxyl groups is 1. The Bertz CT molecular complexity index is 490. The fourth-order valence-corrected chi connectivity index (χ4v) is 2.93. The summed E-state index contributed by atoms with van der Waals surface area (Å²) in [7, 11) is 1.94. The van der Waals surface area contributed by atoms with Crippen molar-refractivity contribution >= 4 is 5.91 Å². The molecule has 0 aromatic carbocycles. The van der Waals surface area contributed by atoms with E-state index in [1.165, 1.54) is 5.56 Å². The van der Waals surface area contributed by atoms with Gasteiger partial charge in [-0.05, 0) is 25.8 Å². The number of hydrogen-bond donors (Lipinski definition) is 1. The second-order valence-electron chi connectivity index (χ2n) is 5.72. The van der Waals surface area contributed by atoms with E-state index in [9.17, 15) is 4.79 Å². The van der Waals surface area contributed by atoms with Crippen molar-refractivity contribution in [3.63, 3.8) is 0 Å². The summed E-state index contributed by atoms with van der Waals surface area (Å²) in [5.74, 6) is 0.223. The van der Waals surface area contributed by atoms with Crippen LogP contribution in [0.1, 0.15) is 23.4 Å². The molecule has 1 aliphatic rings. The van der Waals surface area contributed by atoms with Crippen LogP contribution < -0.4 is 0 Å². The summed E-state index contributed by atoms with van der Waals surface area (Å²) < 4.78 is 1.88. The second-order valence-corrected chi connectivity index (χ2v) is 5.72. The van der Waals surface area contributed by atoms with Gasteiger partial charge in [0.25, 0.3) is 0 Å². The number of aromatic nitrogens is 2. The van der Waals surface area contributed by atoms with E-state index in [0.29, 0.717) is 13.0 Å². The maximum absolute atomic E-state index is 12.3. The molecule has 1 N–H and O–H groups in total. The molecule has 6 nitrogen and oxygen atoms in total. The van der Waals surface area contributed by atoms with Gasteiger partial charge < -0.3 is 10.0 Å². The molecule has 1 aromatic heterocycles. The summed E-state index contributed by atoms with van der Waals surface area (Å²) in [4.78, 5) is 16.4. The van der Waals surface area contributed by atoms with E-state index >= 15 is 0 Å². The lowest BCUT2D eigenvalue weighted by Gasteiger charge is -2.34. The van der Waals surface area contributed by atoms with E-state index in [1.807, 2.05) is 30.5 Å². The summed E-state index contributed by atoms with van der Waals surface area (Å²) in [5.41, 5.74) is 3.37. The molecule has 1 amide bonds. The molecule has 0 saturated carbocycles. The lowest BCUT2D eigenvalue weighted by Crippen LogP contribution is -2.49. The van der Waals surface area contributed by atoms with Crippen LogP contribution >= 0.6 is 0 Å². The number of amides is 1. The molecular weight excluding hydrogens is 268 g/mol. The van der Waals surface area contributed by atoms with Gasteiger partial charge in [-0.25, -0.2) is 0 Å². The zero-order valence-corrected chi connectivity index (χ0v) is 13.3. The van der Waals surface area contributed by atoms with Crippen LogP contribution in [0, 0.1) is 13.8 Å². The highest BCUT2D eigenvalue weighted by Crippen LogP contribution is 2.15. The number of rotatable bonds is 5. The number of aliphatic hydroxyl groups excluding tert-OH is 1. The third kappa shape index (κ3) is 3.83. The predicted molar refractivity (Wildman–Crippen MR) is 81.1 cm³/mol. The minimum atomic E-state index is 0.188. The Hall–Kier alpha value is -1.40. The van der Waals surface area contributed by atoms with Crippen molar-refractivity contribution in [1.82, 2.24) is 19.6 Å². The molecule has 1 aliphatic heterocycles. The Morgan fingerprint density at radius 1 is 1.24 bits per heavy atom. The highest BCUT2D eigenvalue weighted by molar-refractivity contribution is 5.76. The Morgan fingerprint density at radius 3 is 2.43 bits per heavy atom. The normalized spacial score (nSPS) is 16.5. The maximum atomic E-state index is 12.3. The average molecular weight is 294 g/mol. The molecular formula is C15H26N4O2. The van der Waals surface area contributed by atoms with Crippen LogP contribution in [0.25, 0.3) is 0 Å². The van der Waals surface area contributed by atoms with Gasteiger partial charge in [-0.15, -0.1) is 0 Å². The number of carbonyl (C=O) groups excluding carboxylic acids is 1. The molecule has 0 radical (unpaired) electrons. The number of piperazine rings is 1. The van der Waals surface area contributed by atoms with Gasteiger partial charge in [0.1, 0.15) is 0 Å². The number of β-amino-alcohol motifs (C(OH)–C–C–N with tert-alkyl or cyclic N) is 1. The van der Waals surface area contributed by atoms with Crippen molar-refractivity contribution in [3.05, 3.63) is 17.0 Å². The van der Waals surface area contributed by atoms with Crippen molar-refractivity contribution in [3.8, 4) is 0 Å². The van der Waals surface area contributed by atoms with Gasteiger partial charge in [0.05, 0.1) is 12.3 Å². The Labute approximate surface area is 126 Å². The lowest BCUT2D eigenvalue weighted by atomic mass is 10.1. The molecule has 6 heteroatoms. The Kier molecular flexibility index (Phi) is 5.36. The highest BCUT2D eigenvalue weighted by Gasteiger charge is 2.21. The van der Waals surface area contributed by atoms with Gasteiger partial charge in [-0.2, -0.15) is 5.10 Å². The summed E-state index contributed by atoms with van der Waals surface area (Å²) in [6.07, 6.45) is 1.31. The first-order valence-electron chi connectivity index (χ1n) is 7.63. The van der Waals surface area contributed by atoms with Gasteiger partial charge in [-0.3, -0.25) is 14.4 Å². The SMILES string of the molecule is Cc1nn(C)c(C)c1CCC(=O)N1CCN(CCO)CC1. The first kappa shape index (κ1) is 16.0. The molecule has 0 spiro atoms. The Morgan fingerprint density at radius 2 is 1.90 bits per heavy atom. The first-order valence-corrected chi connectivity index (χ1v) is 7.63. The third-order valence-electron chi connectivity index (χ3n) is 4.39. The summed E-state index contributed by atoms with van der Waals surface area (Å²) in [5, 5.41) is 13.3. The third-order valence-corrected chi connectivity index (χ3v) is 4.39. The molecule has 2 rings (SSSR count). The first-order chi connectivity index (χ1) is 10.0. The smallest absolute Gasteiger partial charge is 0.222 e. The number of nitrogens with zero attached hydrogens (tertiary/aromatic N) is 4. The van der Waals surface area contributed by atoms with Gasteiger partial charge in [-0.1, -0.05) is 0 Å². The predicted octanol–water partition coefficient (Wildman–Crippen LogP) is 0.106. The van der Waals surface area contributed by atoms with Crippen LogP contribution in [0.4, 0.5) is 0 Å². The van der Waals surface area contributed by atoms with Gasteiger partial charge in [0.15, 0.2) is 0 Å². The fraction of sp³-hybridized carbons (Fsp3) is 0.733. The monoisotopic (exact) mass is 294 g/mol. The molecule has 0 atom stereocenters.